The molecule has 3 aromatic rings. The molecule has 160 valence electrons. The minimum absolute atomic E-state index is 0.121. The predicted molar refractivity (Wildman–Crippen MR) is 118 cm³/mol. The zero-order valence-corrected chi connectivity index (χ0v) is 17.8. The molecule has 0 radical (unpaired) electrons. The largest absolute Gasteiger partial charge is 0.349 e. The van der Waals surface area contributed by atoms with Crippen molar-refractivity contribution in [3.8, 4) is 0 Å². The van der Waals surface area contributed by atoms with Crippen LogP contribution in [0.2, 0.25) is 5.02 Å². The summed E-state index contributed by atoms with van der Waals surface area (Å²) < 4.78 is 13.3. The van der Waals surface area contributed by atoms with E-state index in [-0.39, 0.29) is 37.1 Å². The van der Waals surface area contributed by atoms with Crippen LogP contribution in [0.5, 0.6) is 0 Å². The smallest absolute Gasteiger partial charge is 0.242 e. The summed E-state index contributed by atoms with van der Waals surface area (Å²) in [5.74, 6) is -0.867. The molecule has 1 N–H and O–H groups in total. The molecule has 0 aliphatic rings. The number of halogens is 2. The Hall–Kier alpha value is -3.25. The van der Waals surface area contributed by atoms with E-state index in [4.69, 9.17) is 11.6 Å². The molecule has 0 aliphatic carbocycles. The zero-order chi connectivity index (χ0) is 22.2. The number of amides is 2. The molecule has 3 rings (SSSR count). The second kappa shape index (κ2) is 10.7. The second-order valence-corrected chi connectivity index (χ2v) is 7.60. The fraction of sp³-hybridized carbons (Fsp3) is 0.208. The molecule has 0 fully saturated rings. The third kappa shape index (κ3) is 6.62. The number of benzene rings is 2. The van der Waals surface area contributed by atoms with Crippen molar-refractivity contribution in [3.05, 3.63) is 101 Å². The highest BCUT2D eigenvalue weighted by atomic mass is 35.5. The lowest BCUT2D eigenvalue weighted by molar-refractivity contribution is -0.140. The molecule has 1 heterocycles. The SMILES string of the molecule is C[C@@H](C(=O)NCc1ccccn1)N(Cc1ccc(F)cc1)C(=O)Cc1ccc(Cl)cc1. The van der Waals surface area contributed by atoms with Gasteiger partial charge in [0.15, 0.2) is 0 Å². The van der Waals surface area contributed by atoms with Crippen molar-refractivity contribution >= 4 is 23.4 Å². The minimum atomic E-state index is -0.728. The number of carbonyl (C=O) groups excluding carboxylic acids is 2. The Balaban J connectivity index is 1.74. The first-order chi connectivity index (χ1) is 14.9. The van der Waals surface area contributed by atoms with Crippen LogP contribution < -0.4 is 5.32 Å². The molecule has 0 unspecified atom stereocenters. The third-order valence-electron chi connectivity index (χ3n) is 4.87. The first-order valence-electron chi connectivity index (χ1n) is 9.88. The molecule has 0 saturated heterocycles. The monoisotopic (exact) mass is 439 g/mol. The van der Waals surface area contributed by atoms with Gasteiger partial charge in [0, 0.05) is 17.8 Å². The standard InChI is InChI=1S/C24H23ClFN3O2/c1-17(24(31)28-15-22-4-2-3-13-27-22)29(16-19-7-11-21(26)12-8-19)23(30)14-18-5-9-20(25)10-6-18/h2-13,17H,14-16H2,1H3,(H,28,31)/t17-/m0/s1. The third-order valence-corrected chi connectivity index (χ3v) is 5.12. The van der Waals surface area contributed by atoms with Crippen LogP contribution in [0.1, 0.15) is 23.7 Å². The van der Waals surface area contributed by atoms with E-state index in [9.17, 15) is 14.0 Å². The fourth-order valence-electron chi connectivity index (χ4n) is 3.08. The molecule has 1 atom stereocenters. The molecule has 2 amide bonds. The molecule has 0 spiro atoms. The zero-order valence-electron chi connectivity index (χ0n) is 17.1. The Bertz CT molecular complexity index is 1010. The fourth-order valence-corrected chi connectivity index (χ4v) is 3.20. The lowest BCUT2D eigenvalue weighted by Gasteiger charge is -2.29. The van der Waals surface area contributed by atoms with E-state index < -0.39 is 6.04 Å². The lowest BCUT2D eigenvalue weighted by atomic mass is 10.1. The van der Waals surface area contributed by atoms with Crippen LogP contribution >= 0.6 is 11.6 Å². The van der Waals surface area contributed by atoms with Crippen molar-refractivity contribution in [1.82, 2.24) is 15.2 Å². The molecule has 0 saturated carbocycles. The van der Waals surface area contributed by atoms with E-state index in [0.717, 1.165) is 16.8 Å². The van der Waals surface area contributed by atoms with Crippen LogP contribution in [0.15, 0.2) is 72.9 Å². The predicted octanol–water partition coefficient (Wildman–Crippen LogP) is 4.15. The van der Waals surface area contributed by atoms with Gasteiger partial charge < -0.3 is 10.2 Å². The van der Waals surface area contributed by atoms with Crippen molar-refractivity contribution < 1.29 is 14.0 Å². The number of hydrogen-bond acceptors (Lipinski definition) is 3. The Morgan fingerprint density at radius 3 is 2.35 bits per heavy atom. The summed E-state index contributed by atoms with van der Waals surface area (Å²) >= 11 is 5.92. The number of nitrogens with zero attached hydrogens (tertiary/aromatic N) is 2. The van der Waals surface area contributed by atoms with Crippen molar-refractivity contribution in [1.29, 1.82) is 0 Å². The van der Waals surface area contributed by atoms with Gasteiger partial charge in [0.2, 0.25) is 11.8 Å². The maximum atomic E-state index is 13.3. The first-order valence-corrected chi connectivity index (χ1v) is 10.3. The van der Waals surface area contributed by atoms with Crippen LogP contribution in [0.25, 0.3) is 0 Å². The molecule has 0 bridgehead atoms. The van der Waals surface area contributed by atoms with Crippen LogP contribution in [0.4, 0.5) is 4.39 Å². The number of rotatable bonds is 8. The molecular formula is C24H23ClFN3O2. The average Bonchev–Trinajstić information content (AvgIpc) is 2.78. The van der Waals surface area contributed by atoms with E-state index in [0.29, 0.717) is 5.02 Å². The summed E-state index contributed by atoms with van der Waals surface area (Å²) in [7, 11) is 0. The van der Waals surface area contributed by atoms with E-state index in [2.05, 4.69) is 10.3 Å². The molecular weight excluding hydrogens is 417 g/mol. The Morgan fingerprint density at radius 2 is 1.71 bits per heavy atom. The molecule has 5 nitrogen and oxygen atoms in total. The van der Waals surface area contributed by atoms with Crippen LogP contribution in [0.3, 0.4) is 0 Å². The summed E-state index contributed by atoms with van der Waals surface area (Å²) in [6.45, 7) is 2.13. The topological polar surface area (TPSA) is 62.3 Å². The summed E-state index contributed by atoms with van der Waals surface area (Å²) in [5.41, 5.74) is 2.25. The van der Waals surface area contributed by atoms with Crippen molar-refractivity contribution in [2.24, 2.45) is 0 Å². The molecule has 7 heteroatoms. The van der Waals surface area contributed by atoms with Gasteiger partial charge in [-0.3, -0.25) is 14.6 Å². The summed E-state index contributed by atoms with van der Waals surface area (Å²) in [5, 5.41) is 3.41. The highest BCUT2D eigenvalue weighted by Gasteiger charge is 2.26. The normalized spacial score (nSPS) is 11.6. The van der Waals surface area contributed by atoms with E-state index in [1.807, 2.05) is 12.1 Å². The molecule has 31 heavy (non-hydrogen) atoms. The Kier molecular flexibility index (Phi) is 7.73. The highest BCUT2D eigenvalue weighted by molar-refractivity contribution is 6.30. The van der Waals surface area contributed by atoms with Crippen LogP contribution in [-0.4, -0.2) is 27.7 Å². The maximum Gasteiger partial charge on any atom is 0.242 e. The Morgan fingerprint density at radius 1 is 1.03 bits per heavy atom. The molecule has 1 aromatic heterocycles. The first kappa shape index (κ1) is 22.4. The van der Waals surface area contributed by atoms with Gasteiger partial charge in [-0.25, -0.2) is 4.39 Å². The van der Waals surface area contributed by atoms with Crippen molar-refractivity contribution in [2.45, 2.75) is 32.5 Å². The summed E-state index contributed by atoms with van der Waals surface area (Å²) in [6, 6.07) is 17.6. The number of nitrogens with one attached hydrogen (secondary N) is 1. The maximum absolute atomic E-state index is 13.3. The number of pyridine rings is 1. The van der Waals surface area contributed by atoms with E-state index in [1.54, 1.807) is 55.6 Å². The molecule has 0 aliphatic heterocycles. The highest BCUT2D eigenvalue weighted by Crippen LogP contribution is 2.15. The van der Waals surface area contributed by atoms with Crippen molar-refractivity contribution in [3.63, 3.8) is 0 Å². The number of carbonyl (C=O) groups is 2. The van der Waals surface area contributed by atoms with Gasteiger partial charge in [0.25, 0.3) is 0 Å². The van der Waals surface area contributed by atoms with Gasteiger partial charge in [0.05, 0.1) is 18.7 Å². The van der Waals surface area contributed by atoms with Gasteiger partial charge >= 0.3 is 0 Å². The van der Waals surface area contributed by atoms with Gasteiger partial charge in [-0.1, -0.05) is 41.9 Å². The minimum Gasteiger partial charge on any atom is -0.349 e. The van der Waals surface area contributed by atoms with Gasteiger partial charge in [-0.15, -0.1) is 0 Å². The van der Waals surface area contributed by atoms with Crippen LogP contribution in [-0.2, 0) is 29.1 Å². The molecule has 2 aromatic carbocycles. The average molecular weight is 440 g/mol. The van der Waals surface area contributed by atoms with Crippen molar-refractivity contribution in [2.75, 3.05) is 0 Å². The Labute approximate surface area is 185 Å². The van der Waals surface area contributed by atoms with E-state index >= 15 is 0 Å². The second-order valence-electron chi connectivity index (χ2n) is 7.17. The van der Waals surface area contributed by atoms with Gasteiger partial charge in [0.1, 0.15) is 11.9 Å². The summed E-state index contributed by atoms with van der Waals surface area (Å²) in [4.78, 5) is 31.6. The van der Waals surface area contributed by atoms with Crippen LogP contribution in [0, 0.1) is 5.82 Å². The number of aromatic nitrogens is 1. The number of hydrogen-bond donors (Lipinski definition) is 1. The lowest BCUT2D eigenvalue weighted by Crippen LogP contribution is -2.48. The van der Waals surface area contributed by atoms with Gasteiger partial charge in [-0.05, 0) is 54.4 Å². The van der Waals surface area contributed by atoms with Gasteiger partial charge in [-0.2, -0.15) is 0 Å². The van der Waals surface area contributed by atoms with E-state index in [1.165, 1.54) is 17.0 Å². The summed E-state index contributed by atoms with van der Waals surface area (Å²) in [6.07, 6.45) is 1.78. The quantitative estimate of drug-likeness (QED) is 0.573.